The number of phenols is 1. The molecule has 0 amide bonds. The van der Waals surface area contributed by atoms with Gasteiger partial charge in [-0.25, -0.2) is 9.97 Å². The van der Waals surface area contributed by atoms with E-state index in [2.05, 4.69) is 35.2 Å². The van der Waals surface area contributed by atoms with E-state index in [-0.39, 0.29) is 0 Å². The number of aromatic nitrogens is 2. The number of nitrogens with zero attached hydrogens (tertiary/aromatic N) is 2. The topological polar surface area (TPSA) is 58.0 Å². The standard InChI is InChI=1S/C20H27N3O/c1-14(2)19-12-21-13-23-20(19)16-9-15(10-18(24)11-16)6-7-17-5-3-4-8-22-17/h9-14,17,22,24H,3-8H2,1-2H3/t17-/m1/s1. The average Bonchev–Trinajstić information content (AvgIpc) is 2.60. The molecule has 1 atom stereocenters. The second-order valence-electron chi connectivity index (χ2n) is 7.06. The smallest absolute Gasteiger partial charge is 0.116 e. The Kier molecular flexibility index (Phi) is 5.46. The molecule has 0 bridgehead atoms. The highest BCUT2D eigenvalue weighted by Gasteiger charge is 2.14. The van der Waals surface area contributed by atoms with Gasteiger partial charge in [-0.2, -0.15) is 0 Å². The van der Waals surface area contributed by atoms with Gasteiger partial charge in [0.15, 0.2) is 0 Å². The zero-order chi connectivity index (χ0) is 16.9. The van der Waals surface area contributed by atoms with Gasteiger partial charge in [-0.15, -0.1) is 0 Å². The van der Waals surface area contributed by atoms with Crippen molar-refractivity contribution in [2.24, 2.45) is 0 Å². The van der Waals surface area contributed by atoms with E-state index in [0.717, 1.165) is 36.2 Å². The lowest BCUT2D eigenvalue weighted by molar-refractivity contribution is 0.382. The Balaban J connectivity index is 1.81. The Morgan fingerprint density at radius 2 is 2.12 bits per heavy atom. The van der Waals surface area contributed by atoms with Gasteiger partial charge in [0.05, 0.1) is 5.69 Å². The van der Waals surface area contributed by atoms with Crippen molar-refractivity contribution in [1.82, 2.24) is 15.3 Å². The number of phenolic OH excluding ortho intramolecular Hbond substituents is 1. The van der Waals surface area contributed by atoms with Crippen LogP contribution < -0.4 is 5.32 Å². The fourth-order valence-corrected chi connectivity index (χ4v) is 3.47. The average molecular weight is 325 g/mol. The first-order valence-corrected chi connectivity index (χ1v) is 9.00. The summed E-state index contributed by atoms with van der Waals surface area (Å²) in [6.45, 7) is 5.41. The van der Waals surface area contributed by atoms with E-state index in [0.29, 0.717) is 17.7 Å². The molecule has 1 aromatic carbocycles. The molecule has 0 saturated carbocycles. The van der Waals surface area contributed by atoms with Crippen LogP contribution in [0.4, 0.5) is 0 Å². The largest absolute Gasteiger partial charge is 0.508 e. The number of nitrogens with one attached hydrogen (secondary N) is 1. The molecule has 2 N–H and O–H groups in total. The predicted molar refractivity (Wildman–Crippen MR) is 97.2 cm³/mol. The maximum Gasteiger partial charge on any atom is 0.116 e. The van der Waals surface area contributed by atoms with Crippen LogP contribution in [0.1, 0.15) is 56.6 Å². The van der Waals surface area contributed by atoms with Gasteiger partial charge in [0.1, 0.15) is 12.1 Å². The molecule has 1 aliphatic heterocycles. The number of aryl methyl sites for hydroxylation is 1. The number of piperidine rings is 1. The summed E-state index contributed by atoms with van der Waals surface area (Å²) in [5.41, 5.74) is 4.19. The molecule has 1 aliphatic rings. The third-order valence-electron chi connectivity index (χ3n) is 4.81. The van der Waals surface area contributed by atoms with Crippen molar-refractivity contribution in [1.29, 1.82) is 0 Å². The van der Waals surface area contributed by atoms with Gasteiger partial charge in [-0.05, 0) is 67.5 Å². The molecule has 128 valence electrons. The Hall–Kier alpha value is -1.94. The lowest BCUT2D eigenvalue weighted by atomic mass is 9.94. The van der Waals surface area contributed by atoms with E-state index in [4.69, 9.17) is 0 Å². The number of rotatable bonds is 5. The minimum atomic E-state index is 0.312. The summed E-state index contributed by atoms with van der Waals surface area (Å²) in [5, 5.41) is 13.8. The fourth-order valence-electron chi connectivity index (χ4n) is 3.47. The minimum absolute atomic E-state index is 0.312. The second kappa shape index (κ2) is 7.75. The number of hydrogen-bond donors (Lipinski definition) is 2. The summed E-state index contributed by atoms with van der Waals surface area (Å²) in [4.78, 5) is 8.62. The molecule has 0 spiro atoms. The molecule has 1 aromatic heterocycles. The molecule has 0 radical (unpaired) electrons. The normalized spacial score (nSPS) is 18.0. The first-order chi connectivity index (χ1) is 11.6. The molecule has 24 heavy (non-hydrogen) atoms. The van der Waals surface area contributed by atoms with E-state index >= 15 is 0 Å². The van der Waals surface area contributed by atoms with Gasteiger partial charge < -0.3 is 10.4 Å². The molecule has 2 heterocycles. The number of aromatic hydroxyl groups is 1. The van der Waals surface area contributed by atoms with E-state index in [1.54, 1.807) is 12.4 Å². The van der Waals surface area contributed by atoms with Crippen molar-refractivity contribution in [2.75, 3.05) is 6.54 Å². The zero-order valence-corrected chi connectivity index (χ0v) is 14.6. The van der Waals surface area contributed by atoms with Crippen molar-refractivity contribution in [3.8, 4) is 17.0 Å². The Labute approximate surface area is 144 Å². The molecule has 3 rings (SSSR count). The van der Waals surface area contributed by atoms with Crippen LogP contribution in [0.5, 0.6) is 5.75 Å². The van der Waals surface area contributed by atoms with E-state index in [1.165, 1.54) is 24.8 Å². The van der Waals surface area contributed by atoms with Crippen LogP contribution in [0.2, 0.25) is 0 Å². The summed E-state index contributed by atoms with van der Waals surface area (Å²) >= 11 is 0. The highest BCUT2D eigenvalue weighted by atomic mass is 16.3. The van der Waals surface area contributed by atoms with E-state index < -0.39 is 0 Å². The molecular formula is C20H27N3O. The SMILES string of the molecule is CC(C)c1cncnc1-c1cc(O)cc(CC[C@H]2CCCCN2)c1. The van der Waals surface area contributed by atoms with Crippen LogP contribution in [-0.4, -0.2) is 27.7 Å². The quantitative estimate of drug-likeness (QED) is 0.871. The molecule has 2 aromatic rings. The number of benzene rings is 1. The third-order valence-corrected chi connectivity index (χ3v) is 4.81. The van der Waals surface area contributed by atoms with Gasteiger partial charge >= 0.3 is 0 Å². The molecule has 0 aliphatic carbocycles. The van der Waals surface area contributed by atoms with Gasteiger partial charge in [0.25, 0.3) is 0 Å². The lowest BCUT2D eigenvalue weighted by Crippen LogP contribution is -2.34. The summed E-state index contributed by atoms with van der Waals surface area (Å²) < 4.78 is 0. The van der Waals surface area contributed by atoms with Crippen molar-refractivity contribution in [2.45, 2.75) is 57.9 Å². The monoisotopic (exact) mass is 325 g/mol. The maximum absolute atomic E-state index is 10.2. The summed E-state index contributed by atoms with van der Waals surface area (Å²) in [6.07, 6.45) is 9.42. The highest BCUT2D eigenvalue weighted by molar-refractivity contribution is 5.65. The van der Waals surface area contributed by atoms with Gasteiger partial charge in [0.2, 0.25) is 0 Å². The van der Waals surface area contributed by atoms with Crippen LogP contribution in [0.3, 0.4) is 0 Å². The van der Waals surface area contributed by atoms with Crippen molar-refractivity contribution < 1.29 is 5.11 Å². The third kappa shape index (κ3) is 4.12. The molecule has 4 heteroatoms. The van der Waals surface area contributed by atoms with Crippen LogP contribution in [0.25, 0.3) is 11.3 Å². The highest BCUT2D eigenvalue weighted by Crippen LogP contribution is 2.30. The Morgan fingerprint density at radius 1 is 1.25 bits per heavy atom. The van der Waals surface area contributed by atoms with E-state index in [1.807, 2.05) is 12.3 Å². The van der Waals surface area contributed by atoms with E-state index in [9.17, 15) is 5.11 Å². The molecule has 1 fully saturated rings. The minimum Gasteiger partial charge on any atom is -0.508 e. The summed E-state index contributed by atoms with van der Waals surface area (Å²) in [6, 6.07) is 6.45. The second-order valence-corrected chi connectivity index (χ2v) is 7.06. The molecular weight excluding hydrogens is 298 g/mol. The predicted octanol–water partition coefficient (Wildman–Crippen LogP) is 4.05. The van der Waals surface area contributed by atoms with Crippen LogP contribution in [0, 0.1) is 0 Å². The molecule has 0 unspecified atom stereocenters. The van der Waals surface area contributed by atoms with Crippen LogP contribution >= 0.6 is 0 Å². The first kappa shape index (κ1) is 16.9. The van der Waals surface area contributed by atoms with Crippen molar-refractivity contribution in [3.05, 3.63) is 41.9 Å². The molecule has 1 saturated heterocycles. The van der Waals surface area contributed by atoms with Crippen molar-refractivity contribution >= 4 is 0 Å². The summed E-state index contributed by atoms with van der Waals surface area (Å²) in [5.74, 6) is 0.658. The van der Waals surface area contributed by atoms with Crippen LogP contribution in [-0.2, 0) is 6.42 Å². The first-order valence-electron chi connectivity index (χ1n) is 9.00. The molecule has 4 nitrogen and oxygen atoms in total. The zero-order valence-electron chi connectivity index (χ0n) is 14.6. The van der Waals surface area contributed by atoms with Crippen LogP contribution in [0.15, 0.2) is 30.7 Å². The lowest BCUT2D eigenvalue weighted by Gasteiger charge is -2.23. The maximum atomic E-state index is 10.2. The van der Waals surface area contributed by atoms with Gasteiger partial charge in [-0.1, -0.05) is 20.3 Å². The number of hydrogen-bond acceptors (Lipinski definition) is 4. The van der Waals surface area contributed by atoms with Gasteiger partial charge in [-0.3, -0.25) is 0 Å². The van der Waals surface area contributed by atoms with Crippen molar-refractivity contribution in [3.63, 3.8) is 0 Å². The Morgan fingerprint density at radius 3 is 2.88 bits per heavy atom. The van der Waals surface area contributed by atoms with Gasteiger partial charge in [0, 0.05) is 17.8 Å². The fraction of sp³-hybridized carbons (Fsp3) is 0.500. The Bertz CT molecular complexity index is 678. The summed E-state index contributed by atoms with van der Waals surface area (Å²) in [7, 11) is 0.